The third-order valence-electron chi connectivity index (χ3n) is 6.01. The van der Waals surface area contributed by atoms with Crippen LogP contribution < -0.4 is 16.1 Å². The number of hydrogen-bond donors (Lipinski definition) is 3. The van der Waals surface area contributed by atoms with Gasteiger partial charge in [-0.3, -0.25) is 9.59 Å². The lowest BCUT2D eigenvalue weighted by molar-refractivity contribution is -0.139. The first kappa shape index (κ1) is 25.2. The van der Waals surface area contributed by atoms with E-state index in [0.717, 1.165) is 6.26 Å². The van der Waals surface area contributed by atoms with Crippen molar-refractivity contribution >= 4 is 49.4 Å². The van der Waals surface area contributed by atoms with E-state index in [4.69, 9.17) is 4.74 Å². The molecule has 1 fully saturated rings. The smallest absolute Gasteiger partial charge is 0.428 e. The van der Waals surface area contributed by atoms with Gasteiger partial charge >= 0.3 is 17.9 Å². The van der Waals surface area contributed by atoms with Crippen LogP contribution >= 0.6 is 15.9 Å². The van der Waals surface area contributed by atoms with Crippen LogP contribution in [0.15, 0.2) is 32.7 Å². The Hall–Kier alpha value is -2.47. The highest BCUT2D eigenvalue weighted by Crippen LogP contribution is 2.41. The van der Waals surface area contributed by atoms with Crippen molar-refractivity contribution in [1.29, 1.82) is 0 Å². The summed E-state index contributed by atoms with van der Waals surface area (Å²) in [7, 11) is -2.04. The normalized spacial score (nSPS) is 23.7. The lowest BCUT2D eigenvalue weighted by atomic mass is 9.73. The van der Waals surface area contributed by atoms with Crippen LogP contribution in [-0.4, -0.2) is 57.0 Å². The average molecular weight is 543 g/mol. The minimum atomic E-state index is -3.44. The summed E-state index contributed by atoms with van der Waals surface area (Å²) in [5.41, 5.74) is 2.38. The maximum absolute atomic E-state index is 12.1. The van der Waals surface area contributed by atoms with Gasteiger partial charge < -0.3 is 15.4 Å². The fraction of sp³-hybridized carbons (Fsp3) is 0.524. The van der Waals surface area contributed by atoms with E-state index in [0.29, 0.717) is 47.9 Å². The number of halogens is 1. The van der Waals surface area contributed by atoms with Crippen molar-refractivity contribution in [3.63, 3.8) is 0 Å². The molecule has 3 rings (SSSR count). The highest BCUT2D eigenvalue weighted by Gasteiger charge is 2.47. The number of hydrogen-bond acceptors (Lipinski definition) is 7. The largest absolute Gasteiger partial charge is 0.435 e. The highest BCUT2D eigenvalue weighted by atomic mass is 79.9. The number of nitrogens with one attached hydrogen (secondary N) is 3. The first-order chi connectivity index (χ1) is 15.4. The first-order valence-corrected chi connectivity index (χ1v) is 13.2. The summed E-state index contributed by atoms with van der Waals surface area (Å²) in [5, 5.41) is 9.24. The highest BCUT2D eigenvalue weighted by molar-refractivity contribution is 9.10. The van der Waals surface area contributed by atoms with E-state index in [1.807, 2.05) is 6.92 Å². The van der Waals surface area contributed by atoms with Crippen molar-refractivity contribution in [1.82, 2.24) is 16.1 Å². The molecule has 1 spiro atoms. The average Bonchev–Trinajstić information content (AvgIpc) is 2.74. The standard InChI is InChI=1S/C21H27BrN4O6S/c1-12(24-19(28)18(27)23-2)10-13-6-8-21(9-7-13)17(25-26-20(29)32-21)15-11-14(33(3,30)31)4-5-16(15)22/h4-5,11-13H,6-10H2,1-3H3,(H,23,27)(H,24,28)(H,26,29)/t12-,13?,21?/m0/s1. The summed E-state index contributed by atoms with van der Waals surface area (Å²) >= 11 is 3.47. The molecule has 1 aromatic rings. The Balaban J connectivity index is 1.78. The van der Waals surface area contributed by atoms with Crippen LogP contribution in [0.4, 0.5) is 4.79 Å². The van der Waals surface area contributed by atoms with E-state index in [9.17, 15) is 22.8 Å². The number of amides is 3. The summed E-state index contributed by atoms with van der Waals surface area (Å²) < 4.78 is 30.5. The van der Waals surface area contributed by atoms with E-state index in [1.54, 1.807) is 6.07 Å². The maximum atomic E-state index is 12.1. The number of likely N-dealkylation sites (N-methyl/N-ethyl adjacent to an activating group) is 1. The molecule has 12 heteroatoms. The maximum Gasteiger partial charge on any atom is 0.428 e. The number of carbonyl (C=O) groups is 3. The molecule has 0 saturated heterocycles. The molecule has 1 saturated carbocycles. The van der Waals surface area contributed by atoms with Crippen molar-refractivity contribution in [3.05, 3.63) is 28.2 Å². The van der Waals surface area contributed by atoms with Gasteiger partial charge in [0.05, 0.1) is 4.90 Å². The van der Waals surface area contributed by atoms with E-state index in [-0.39, 0.29) is 16.9 Å². The van der Waals surface area contributed by atoms with Crippen LogP contribution in [0, 0.1) is 5.92 Å². The number of hydrazone groups is 1. The number of sulfone groups is 1. The molecule has 0 unspecified atom stereocenters. The quantitative estimate of drug-likeness (QED) is 0.484. The Kier molecular flexibility index (Phi) is 7.47. The fourth-order valence-electron chi connectivity index (χ4n) is 4.35. The molecule has 1 aliphatic carbocycles. The van der Waals surface area contributed by atoms with Gasteiger partial charge in [-0.1, -0.05) is 15.9 Å². The van der Waals surface area contributed by atoms with Crippen molar-refractivity contribution in [2.45, 2.75) is 55.6 Å². The van der Waals surface area contributed by atoms with Gasteiger partial charge in [0, 0.05) is 29.4 Å². The molecule has 1 heterocycles. The molecule has 1 aromatic carbocycles. The second-order valence-corrected chi connectivity index (χ2v) is 11.4. The van der Waals surface area contributed by atoms with Gasteiger partial charge in [-0.2, -0.15) is 5.10 Å². The molecule has 3 amide bonds. The zero-order chi connectivity index (χ0) is 24.4. The number of benzene rings is 1. The zero-order valence-electron chi connectivity index (χ0n) is 18.6. The molecule has 0 aromatic heterocycles. The molecule has 1 atom stereocenters. The van der Waals surface area contributed by atoms with Crippen molar-refractivity contribution < 1.29 is 27.5 Å². The van der Waals surface area contributed by atoms with E-state index in [1.165, 1.54) is 19.2 Å². The zero-order valence-corrected chi connectivity index (χ0v) is 21.0. The van der Waals surface area contributed by atoms with Crippen molar-refractivity contribution in [2.24, 2.45) is 11.0 Å². The molecule has 180 valence electrons. The molecule has 0 bridgehead atoms. The summed E-state index contributed by atoms with van der Waals surface area (Å²) in [6.07, 6.45) is 3.55. The Labute approximate surface area is 200 Å². The van der Waals surface area contributed by atoms with Gasteiger partial charge in [-0.05, 0) is 63.1 Å². The van der Waals surface area contributed by atoms with E-state index >= 15 is 0 Å². The molecule has 1 aliphatic heterocycles. The van der Waals surface area contributed by atoms with Gasteiger partial charge in [0.2, 0.25) is 0 Å². The van der Waals surface area contributed by atoms with E-state index < -0.39 is 33.3 Å². The molecule has 10 nitrogen and oxygen atoms in total. The fourth-order valence-corrected chi connectivity index (χ4v) is 5.44. The van der Waals surface area contributed by atoms with Crippen LogP contribution in [0.3, 0.4) is 0 Å². The third-order valence-corrected chi connectivity index (χ3v) is 7.81. The first-order valence-electron chi connectivity index (χ1n) is 10.5. The Bertz CT molecular complexity index is 1100. The topological polar surface area (TPSA) is 143 Å². The number of ether oxygens (including phenoxy) is 1. The van der Waals surface area contributed by atoms with Gasteiger partial charge in [0.15, 0.2) is 15.4 Å². The number of nitrogens with zero attached hydrogens (tertiary/aromatic N) is 1. The summed E-state index contributed by atoms with van der Waals surface area (Å²) in [6, 6.07) is 4.48. The molecular formula is C21H27BrN4O6S. The van der Waals surface area contributed by atoms with Crippen LogP contribution in [0.2, 0.25) is 0 Å². The summed E-state index contributed by atoms with van der Waals surface area (Å²) in [6.45, 7) is 1.84. The third kappa shape index (κ3) is 5.72. The Morgan fingerprint density at radius 2 is 1.97 bits per heavy atom. The van der Waals surface area contributed by atoms with Gasteiger partial charge in [-0.25, -0.2) is 18.6 Å². The van der Waals surface area contributed by atoms with Gasteiger partial charge in [0.25, 0.3) is 0 Å². The second-order valence-electron chi connectivity index (χ2n) is 8.50. The van der Waals surface area contributed by atoms with Crippen LogP contribution in [-0.2, 0) is 24.2 Å². The Morgan fingerprint density at radius 3 is 2.58 bits per heavy atom. The number of rotatable bonds is 5. The SMILES string of the molecule is CNC(=O)C(=O)N[C@@H](C)CC1CCC2(CC1)OC(=O)NN=C2c1cc(S(C)(=O)=O)ccc1Br. The summed E-state index contributed by atoms with van der Waals surface area (Å²) in [5.74, 6) is -1.11. The van der Waals surface area contributed by atoms with E-state index in [2.05, 4.69) is 37.1 Å². The predicted molar refractivity (Wildman–Crippen MR) is 124 cm³/mol. The molecular weight excluding hydrogens is 516 g/mol. The van der Waals surface area contributed by atoms with Crippen LogP contribution in [0.5, 0.6) is 0 Å². The monoisotopic (exact) mass is 542 g/mol. The summed E-state index contributed by atoms with van der Waals surface area (Å²) in [4.78, 5) is 35.4. The predicted octanol–water partition coefficient (Wildman–Crippen LogP) is 1.87. The van der Waals surface area contributed by atoms with Crippen molar-refractivity contribution in [3.8, 4) is 0 Å². The van der Waals surface area contributed by atoms with Gasteiger partial charge in [-0.15, -0.1) is 0 Å². The minimum absolute atomic E-state index is 0.143. The second kappa shape index (κ2) is 9.80. The number of carbonyl (C=O) groups excluding carboxylic acids is 3. The molecule has 33 heavy (non-hydrogen) atoms. The lowest BCUT2D eigenvalue weighted by Crippen LogP contribution is -2.52. The lowest BCUT2D eigenvalue weighted by Gasteiger charge is -2.42. The van der Waals surface area contributed by atoms with Crippen LogP contribution in [0.1, 0.15) is 44.6 Å². The minimum Gasteiger partial charge on any atom is -0.435 e. The molecule has 2 aliphatic rings. The molecule has 0 radical (unpaired) electrons. The van der Waals surface area contributed by atoms with Crippen LogP contribution in [0.25, 0.3) is 0 Å². The van der Waals surface area contributed by atoms with Gasteiger partial charge in [0.1, 0.15) is 5.71 Å². The molecule has 3 N–H and O–H groups in total. The van der Waals surface area contributed by atoms with Crippen molar-refractivity contribution in [2.75, 3.05) is 13.3 Å². The Morgan fingerprint density at radius 1 is 1.30 bits per heavy atom.